The molecule has 2 saturated heterocycles. The molecule has 0 spiro atoms. The van der Waals surface area contributed by atoms with Crippen LogP contribution in [0.1, 0.15) is 48.3 Å². The lowest BCUT2D eigenvalue weighted by Crippen LogP contribution is -2.54. The lowest BCUT2D eigenvalue weighted by molar-refractivity contribution is -0.0663. The minimum Gasteiger partial charge on any atom is -0.393 e. The summed E-state index contributed by atoms with van der Waals surface area (Å²) in [6.07, 6.45) is 5.22. The van der Waals surface area contributed by atoms with E-state index in [1.807, 2.05) is 0 Å². The van der Waals surface area contributed by atoms with E-state index in [1.54, 1.807) is 12.2 Å². The normalized spacial score (nSPS) is 26.1. The number of aliphatic hydroxyl groups is 2. The van der Waals surface area contributed by atoms with Gasteiger partial charge in [-0.1, -0.05) is 17.7 Å². The minimum absolute atomic E-state index is 0.00589. The van der Waals surface area contributed by atoms with Crippen LogP contribution in [0.5, 0.6) is 0 Å². The Kier molecular flexibility index (Phi) is 6.04. The molecule has 0 aliphatic carbocycles. The Morgan fingerprint density at radius 3 is 2.51 bits per heavy atom. The van der Waals surface area contributed by atoms with E-state index in [9.17, 15) is 32.2 Å². The van der Waals surface area contributed by atoms with Gasteiger partial charge < -0.3 is 20.1 Å². The second-order valence-corrected chi connectivity index (χ2v) is 11.5. The molecule has 2 fully saturated rings. The average Bonchev–Trinajstić information content (AvgIpc) is 3.28. The minimum atomic E-state index is -4.18. The molecular weight excluding hydrogens is 504 g/mol. The van der Waals surface area contributed by atoms with Crippen LogP contribution < -0.4 is 5.32 Å². The van der Waals surface area contributed by atoms with Crippen LogP contribution in [0.25, 0.3) is 6.08 Å². The fourth-order valence-electron chi connectivity index (χ4n) is 5.52. The zero-order valence-corrected chi connectivity index (χ0v) is 20.1. The van der Waals surface area contributed by atoms with E-state index in [4.69, 9.17) is 11.6 Å². The number of nitrogens with zero attached hydrogens (tertiary/aromatic N) is 2. The van der Waals surface area contributed by atoms with E-state index in [0.717, 1.165) is 12.1 Å². The molecule has 2 atom stereocenters. The van der Waals surface area contributed by atoms with Crippen molar-refractivity contribution in [1.82, 2.24) is 8.87 Å². The van der Waals surface area contributed by atoms with Gasteiger partial charge in [0.2, 0.25) is 10.0 Å². The standard InChI is InChI=1S/C23H24ClF2N3O5S/c24-19-20(22(31)27-13-4-7-16(25)17(26)9-13)28-8-2-1-3-18(28)21(19)35(33,34)29-14-5-6-15(29)11-23(32,10-14)12-30/h1,3-4,7,9,14-15,30,32H,2,5-6,8,10-12H2,(H,27,31). The van der Waals surface area contributed by atoms with Gasteiger partial charge in [0.1, 0.15) is 10.6 Å². The molecule has 35 heavy (non-hydrogen) atoms. The van der Waals surface area contributed by atoms with Crippen LogP contribution in [0.3, 0.4) is 0 Å². The summed E-state index contributed by atoms with van der Waals surface area (Å²) < 4.78 is 57.7. The number of piperidine rings is 1. The van der Waals surface area contributed by atoms with Crippen LogP contribution >= 0.6 is 11.6 Å². The summed E-state index contributed by atoms with van der Waals surface area (Å²) in [7, 11) is -4.18. The highest BCUT2D eigenvalue weighted by Crippen LogP contribution is 2.46. The molecule has 1 aromatic carbocycles. The summed E-state index contributed by atoms with van der Waals surface area (Å²) in [5.74, 6) is -2.96. The molecule has 2 bridgehead atoms. The van der Waals surface area contributed by atoms with E-state index in [1.165, 1.54) is 14.9 Å². The molecule has 188 valence electrons. The quantitative estimate of drug-likeness (QED) is 0.553. The van der Waals surface area contributed by atoms with E-state index in [-0.39, 0.29) is 39.8 Å². The van der Waals surface area contributed by atoms with Crippen molar-refractivity contribution in [2.45, 2.75) is 61.2 Å². The number of sulfonamides is 1. The number of benzene rings is 1. The maximum atomic E-state index is 13.9. The second-order valence-electron chi connectivity index (χ2n) is 9.31. The number of allylic oxidation sites excluding steroid dienone is 1. The van der Waals surface area contributed by atoms with Gasteiger partial charge in [-0.25, -0.2) is 17.2 Å². The molecule has 2 unspecified atom stereocenters. The van der Waals surface area contributed by atoms with Crippen molar-refractivity contribution in [3.63, 3.8) is 0 Å². The molecule has 0 radical (unpaired) electrons. The molecular formula is C23H24ClF2N3O5S. The van der Waals surface area contributed by atoms with Crippen molar-refractivity contribution in [3.8, 4) is 0 Å². The molecule has 3 N–H and O–H groups in total. The van der Waals surface area contributed by atoms with Crippen molar-refractivity contribution >= 4 is 39.3 Å². The number of hydrogen-bond donors (Lipinski definition) is 3. The van der Waals surface area contributed by atoms with Gasteiger partial charge in [-0.05, 0) is 50.3 Å². The number of carbonyl (C=O) groups is 1. The third-order valence-electron chi connectivity index (χ3n) is 7.00. The maximum absolute atomic E-state index is 13.9. The molecule has 8 nitrogen and oxygen atoms in total. The maximum Gasteiger partial charge on any atom is 0.273 e. The topological polar surface area (TPSA) is 112 Å². The largest absolute Gasteiger partial charge is 0.393 e. The van der Waals surface area contributed by atoms with Gasteiger partial charge in [-0.15, -0.1) is 0 Å². The fourth-order valence-corrected chi connectivity index (χ4v) is 8.22. The molecule has 1 aromatic heterocycles. The number of amides is 1. The monoisotopic (exact) mass is 527 g/mol. The lowest BCUT2D eigenvalue weighted by atomic mass is 9.88. The van der Waals surface area contributed by atoms with Crippen molar-refractivity contribution in [2.75, 3.05) is 11.9 Å². The van der Waals surface area contributed by atoms with Gasteiger partial charge in [0.05, 0.1) is 22.9 Å². The van der Waals surface area contributed by atoms with E-state index >= 15 is 0 Å². The highest BCUT2D eigenvalue weighted by molar-refractivity contribution is 7.89. The SMILES string of the molecule is O=C(Nc1ccc(F)c(F)c1)c1c(Cl)c(S(=O)(=O)N2C3CCC2CC(O)(CO)C3)c2n1CCC=C2. The molecule has 4 heterocycles. The number of aromatic nitrogens is 1. The zero-order valence-electron chi connectivity index (χ0n) is 18.5. The zero-order chi connectivity index (χ0) is 25.1. The van der Waals surface area contributed by atoms with Crippen molar-refractivity contribution in [3.05, 3.63) is 52.3 Å². The first kappa shape index (κ1) is 24.4. The van der Waals surface area contributed by atoms with Gasteiger partial charge in [-0.2, -0.15) is 4.31 Å². The van der Waals surface area contributed by atoms with Gasteiger partial charge in [0.15, 0.2) is 11.6 Å². The van der Waals surface area contributed by atoms with Gasteiger partial charge >= 0.3 is 0 Å². The Bertz CT molecular complexity index is 1330. The summed E-state index contributed by atoms with van der Waals surface area (Å²) in [6, 6.07) is 1.88. The van der Waals surface area contributed by atoms with Crippen LogP contribution in [-0.2, 0) is 16.6 Å². The molecule has 5 rings (SSSR count). The van der Waals surface area contributed by atoms with Crippen molar-refractivity contribution in [1.29, 1.82) is 0 Å². The van der Waals surface area contributed by atoms with Crippen LogP contribution in [-0.4, -0.2) is 57.7 Å². The number of rotatable bonds is 5. The van der Waals surface area contributed by atoms with E-state index in [2.05, 4.69) is 5.32 Å². The average molecular weight is 528 g/mol. The summed E-state index contributed by atoms with van der Waals surface area (Å²) in [4.78, 5) is 13.0. The first-order chi connectivity index (χ1) is 16.6. The highest BCUT2D eigenvalue weighted by Gasteiger charge is 2.53. The van der Waals surface area contributed by atoms with Crippen LogP contribution in [0.15, 0.2) is 29.2 Å². The first-order valence-corrected chi connectivity index (χ1v) is 13.1. The van der Waals surface area contributed by atoms with Crippen LogP contribution in [0.4, 0.5) is 14.5 Å². The van der Waals surface area contributed by atoms with E-state index < -0.39 is 51.9 Å². The third-order valence-corrected chi connectivity index (χ3v) is 9.56. The molecule has 3 aliphatic heterocycles. The number of halogens is 3. The fraction of sp³-hybridized carbons (Fsp3) is 0.435. The van der Waals surface area contributed by atoms with Crippen LogP contribution in [0, 0.1) is 11.6 Å². The summed E-state index contributed by atoms with van der Waals surface area (Å²) in [5, 5.41) is 22.4. The molecule has 12 heteroatoms. The third kappa shape index (κ3) is 3.99. The number of anilines is 1. The number of hydrogen-bond acceptors (Lipinski definition) is 5. The molecule has 3 aliphatic rings. The van der Waals surface area contributed by atoms with Crippen LogP contribution in [0.2, 0.25) is 5.02 Å². The molecule has 1 amide bonds. The van der Waals surface area contributed by atoms with E-state index in [0.29, 0.717) is 25.8 Å². The smallest absolute Gasteiger partial charge is 0.273 e. The Hall–Kier alpha value is -2.31. The number of nitrogens with one attached hydrogen (secondary N) is 1. The summed E-state index contributed by atoms with van der Waals surface area (Å²) in [5.41, 5.74) is -1.17. The lowest BCUT2D eigenvalue weighted by Gasteiger charge is -2.42. The Morgan fingerprint density at radius 2 is 1.89 bits per heavy atom. The van der Waals surface area contributed by atoms with Gasteiger partial charge in [0.25, 0.3) is 5.91 Å². The van der Waals surface area contributed by atoms with Gasteiger partial charge in [-0.3, -0.25) is 4.79 Å². The summed E-state index contributed by atoms with van der Waals surface area (Å²) in [6.45, 7) is -0.147. The highest BCUT2D eigenvalue weighted by atomic mass is 35.5. The second kappa shape index (κ2) is 8.67. The molecule has 0 saturated carbocycles. The van der Waals surface area contributed by atoms with Crippen molar-refractivity contribution < 1.29 is 32.2 Å². The predicted molar refractivity (Wildman–Crippen MR) is 125 cm³/mol. The Balaban J connectivity index is 1.55. The first-order valence-electron chi connectivity index (χ1n) is 11.3. The Morgan fingerprint density at radius 1 is 1.20 bits per heavy atom. The van der Waals surface area contributed by atoms with Gasteiger partial charge in [0, 0.05) is 30.4 Å². The Labute approximate surface area is 205 Å². The number of carbonyl (C=O) groups excluding carboxylic acids is 1. The number of aliphatic hydroxyl groups excluding tert-OH is 1. The summed E-state index contributed by atoms with van der Waals surface area (Å²) >= 11 is 6.60. The number of fused-ring (bicyclic) bond motifs is 3. The predicted octanol–water partition coefficient (Wildman–Crippen LogP) is 3.13. The van der Waals surface area contributed by atoms with Crippen molar-refractivity contribution in [2.24, 2.45) is 0 Å². The molecule has 2 aromatic rings.